The van der Waals surface area contributed by atoms with Gasteiger partial charge in [-0.3, -0.25) is 18.7 Å². The Morgan fingerprint density at radius 3 is 2.45 bits per heavy atom. The second-order valence-corrected chi connectivity index (χ2v) is 8.96. The summed E-state index contributed by atoms with van der Waals surface area (Å²) in [5, 5.41) is 0. The lowest BCUT2D eigenvalue weighted by molar-refractivity contribution is -0.149. The normalized spacial score (nSPS) is 17.4. The molecule has 2 aromatic rings. The molecule has 10 heteroatoms. The van der Waals surface area contributed by atoms with Crippen LogP contribution in [0.1, 0.15) is 24.1 Å². The Bertz CT molecular complexity index is 1150. The van der Waals surface area contributed by atoms with Crippen LogP contribution in [0, 0.1) is 6.92 Å². The van der Waals surface area contributed by atoms with E-state index in [2.05, 4.69) is 0 Å². The average molecular weight is 421 g/mol. The third kappa shape index (κ3) is 4.03. The van der Waals surface area contributed by atoms with E-state index < -0.39 is 33.3 Å². The first-order chi connectivity index (χ1) is 13.6. The van der Waals surface area contributed by atoms with Crippen molar-refractivity contribution < 1.29 is 17.9 Å². The first kappa shape index (κ1) is 21.0. The number of nitrogens with zero attached hydrogens (tertiary/aromatic N) is 3. The summed E-state index contributed by atoms with van der Waals surface area (Å²) in [5.41, 5.74) is 0.120. The zero-order valence-corrected chi connectivity index (χ0v) is 17.3. The fourth-order valence-electron chi connectivity index (χ4n) is 3.27. The molecule has 0 N–H and O–H groups in total. The Labute approximate surface area is 168 Å². The number of aromatic nitrogens is 2. The van der Waals surface area contributed by atoms with Gasteiger partial charge >= 0.3 is 11.7 Å². The number of hydrogen-bond donors (Lipinski definition) is 0. The molecule has 9 nitrogen and oxygen atoms in total. The molecule has 0 bridgehead atoms. The summed E-state index contributed by atoms with van der Waals surface area (Å²) >= 11 is 0. The largest absolute Gasteiger partial charge is 0.458 e. The van der Waals surface area contributed by atoms with Crippen molar-refractivity contribution in [3.63, 3.8) is 0 Å². The van der Waals surface area contributed by atoms with Crippen molar-refractivity contribution >= 4 is 16.0 Å². The summed E-state index contributed by atoms with van der Waals surface area (Å²) in [6, 6.07) is 6.70. The van der Waals surface area contributed by atoms with Gasteiger partial charge in [-0.2, -0.15) is 4.31 Å². The number of sulfonamides is 1. The minimum atomic E-state index is -3.84. The maximum Gasteiger partial charge on any atom is 0.330 e. The molecule has 0 amide bonds. The highest BCUT2D eigenvalue weighted by molar-refractivity contribution is 7.89. The van der Waals surface area contributed by atoms with E-state index in [0.29, 0.717) is 12.8 Å². The number of rotatable bonds is 5. The van der Waals surface area contributed by atoms with Crippen LogP contribution in [-0.2, 0) is 40.3 Å². The van der Waals surface area contributed by atoms with E-state index in [4.69, 9.17) is 4.74 Å². The average Bonchev–Trinajstić information content (AvgIpc) is 3.19. The summed E-state index contributed by atoms with van der Waals surface area (Å²) in [6.07, 6.45) is 0.884. The smallest absolute Gasteiger partial charge is 0.330 e. The van der Waals surface area contributed by atoms with Crippen LogP contribution in [0.25, 0.3) is 0 Å². The summed E-state index contributed by atoms with van der Waals surface area (Å²) in [5.74, 6) is -0.702. The number of hydrogen-bond acceptors (Lipinski definition) is 6. The third-order valence-corrected chi connectivity index (χ3v) is 7.01. The SMILES string of the molecule is Cc1ccc(S(=O)(=O)N2CCC[C@H]2C(=O)OCc2cc(=O)n(C)c(=O)n2C)cc1. The van der Waals surface area contributed by atoms with Crippen LogP contribution in [-0.4, -0.2) is 40.4 Å². The van der Waals surface area contributed by atoms with Gasteiger partial charge in [0.15, 0.2) is 0 Å². The van der Waals surface area contributed by atoms with Crippen LogP contribution in [0.15, 0.2) is 44.8 Å². The van der Waals surface area contributed by atoms with Crippen LogP contribution in [0.3, 0.4) is 0 Å². The van der Waals surface area contributed by atoms with E-state index in [-0.39, 0.29) is 23.7 Å². The Hall–Kier alpha value is -2.72. The molecule has 0 saturated carbocycles. The van der Waals surface area contributed by atoms with Crippen molar-refractivity contribution in [1.29, 1.82) is 0 Å². The maximum absolute atomic E-state index is 12.9. The van der Waals surface area contributed by atoms with Crippen LogP contribution < -0.4 is 11.2 Å². The van der Waals surface area contributed by atoms with Gasteiger partial charge in [0, 0.05) is 26.7 Å². The number of carbonyl (C=O) groups excluding carboxylic acids is 1. The third-order valence-electron chi connectivity index (χ3n) is 5.09. The van der Waals surface area contributed by atoms with Gasteiger partial charge in [-0.05, 0) is 31.9 Å². The molecule has 1 saturated heterocycles. The molecule has 0 unspecified atom stereocenters. The van der Waals surface area contributed by atoms with Crippen molar-refractivity contribution in [2.75, 3.05) is 6.54 Å². The van der Waals surface area contributed by atoms with E-state index in [1.807, 2.05) is 6.92 Å². The summed E-state index contributed by atoms with van der Waals surface area (Å²) in [6.45, 7) is 1.78. The van der Waals surface area contributed by atoms with Crippen molar-refractivity contribution in [1.82, 2.24) is 13.4 Å². The molecule has 29 heavy (non-hydrogen) atoms. The fourth-order valence-corrected chi connectivity index (χ4v) is 4.91. The van der Waals surface area contributed by atoms with Crippen LogP contribution in [0.5, 0.6) is 0 Å². The Morgan fingerprint density at radius 2 is 1.79 bits per heavy atom. The van der Waals surface area contributed by atoms with Crippen LogP contribution in [0.4, 0.5) is 0 Å². The molecule has 1 aromatic heterocycles. The lowest BCUT2D eigenvalue weighted by atomic mass is 10.2. The molecule has 1 fully saturated rings. The molecule has 0 spiro atoms. The first-order valence-corrected chi connectivity index (χ1v) is 10.6. The van der Waals surface area contributed by atoms with Crippen LogP contribution in [0.2, 0.25) is 0 Å². The molecule has 1 aliphatic heterocycles. The van der Waals surface area contributed by atoms with E-state index in [0.717, 1.165) is 14.4 Å². The van der Waals surface area contributed by atoms with Gasteiger partial charge in [-0.1, -0.05) is 17.7 Å². The van der Waals surface area contributed by atoms with E-state index in [1.54, 1.807) is 12.1 Å². The van der Waals surface area contributed by atoms with Crippen molar-refractivity contribution in [3.8, 4) is 0 Å². The number of benzene rings is 1. The Morgan fingerprint density at radius 1 is 1.14 bits per heavy atom. The topological polar surface area (TPSA) is 108 Å². The minimum Gasteiger partial charge on any atom is -0.458 e. The van der Waals surface area contributed by atoms with Gasteiger partial charge in [0.25, 0.3) is 5.56 Å². The van der Waals surface area contributed by atoms with Gasteiger partial charge in [-0.25, -0.2) is 13.2 Å². The van der Waals surface area contributed by atoms with E-state index in [1.165, 1.54) is 36.9 Å². The predicted octanol–water partition coefficient (Wildman–Crippen LogP) is 0.289. The molecule has 1 atom stereocenters. The monoisotopic (exact) mass is 421 g/mol. The highest BCUT2D eigenvalue weighted by atomic mass is 32.2. The van der Waals surface area contributed by atoms with Gasteiger partial charge in [0.1, 0.15) is 12.6 Å². The second kappa shape index (κ2) is 7.96. The highest BCUT2D eigenvalue weighted by Gasteiger charge is 2.40. The van der Waals surface area contributed by atoms with Crippen molar-refractivity contribution in [3.05, 3.63) is 62.4 Å². The molecular weight excluding hydrogens is 398 g/mol. The highest BCUT2D eigenvalue weighted by Crippen LogP contribution is 2.27. The first-order valence-electron chi connectivity index (χ1n) is 9.14. The number of esters is 1. The van der Waals surface area contributed by atoms with Crippen molar-refractivity contribution in [2.45, 2.75) is 37.3 Å². The summed E-state index contributed by atoms with van der Waals surface area (Å²) in [7, 11) is -1.01. The summed E-state index contributed by atoms with van der Waals surface area (Å²) < 4.78 is 34.5. The molecule has 0 aliphatic carbocycles. The Balaban J connectivity index is 1.78. The quantitative estimate of drug-likeness (QED) is 0.642. The Kier molecular flexibility index (Phi) is 5.76. The molecule has 2 heterocycles. The molecule has 156 valence electrons. The predicted molar refractivity (Wildman–Crippen MR) is 105 cm³/mol. The second-order valence-electron chi connectivity index (χ2n) is 7.07. The van der Waals surface area contributed by atoms with Gasteiger partial charge in [0.2, 0.25) is 10.0 Å². The lowest BCUT2D eigenvalue weighted by Gasteiger charge is -2.23. The summed E-state index contributed by atoms with van der Waals surface area (Å²) in [4.78, 5) is 36.5. The molecule has 0 radical (unpaired) electrons. The van der Waals surface area contributed by atoms with Gasteiger partial charge in [-0.15, -0.1) is 0 Å². The lowest BCUT2D eigenvalue weighted by Crippen LogP contribution is -2.42. The molecule has 1 aliphatic rings. The number of ether oxygens (including phenoxy) is 1. The maximum atomic E-state index is 12.9. The van der Waals surface area contributed by atoms with Gasteiger partial charge in [0.05, 0.1) is 10.6 Å². The zero-order chi connectivity index (χ0) is 21.3. The molecular formula is C19H23N3O6S. The number of carbonyl (C=O) groups is 1. The molecule has 3 rings (SSSR count). The molecule has 1 aromatic carbocycles. The van der Waals surface area contributed by atoms with Crippen LogP contribution >= 0.6 is 0 Å². The standard InChI is InChI=1S/C19H23N3O6S/c1-13-6-8-15(9-7-13)29(26,27)22-10-4-5-16(22)18(24)28-12-14-11-17(23)21(3)19(25)20(14)2/h6-9,11,16H,4-5,10,12H2,1-3H3/t16-/m0/s1. The van der Waals surface area contributed by atoms with Gasteiger partial charge < -0.3 is 4.74 Å². The van der Waals surface area contributed by atoms with E-state index >= 15 is 0 Å². The zero-order valence-electron chi connectivity index (χ0n) is 16.5. The minimum absolute atomic E-state index is 0.122. The van der Waals surface area contributed by atoms with E-state index in [9.17, 15) is 22.8 Å². The number of aryl methyl sites for hydroxylation is 1. The fraction of sp³-hybridized carbons (Fsp3) is 0.421. The van der Waals surface area contributed by atoms with Crippen molar-refractivity contribution in [2.24, 2.45) is 14.1 Å².